The van der Waals surface area contributed by atoms with E-state index in [0.29, 0.717) is 46.6 Å². The first-order valence-corrected chi connectivity index (χ1v) is 16.4. The number of aliphatic hydroxyl groups excluding tert-OH is 1. The number of anilines is 1. The van der Waals surface area contributed by atoms with Crippen LogP contribution in [0.25, 0.3) is 22.9 Å². The predicted molar refractivity (Wildman–Crippen MR) is 196 cm³/mol. The predicted octanol–water partition coefficient (Wildman–Crippen LogP) is 7.41. The van der Waals surface area contributed by atoms with E-state index in [1.165, 1.54) is 0 Å². The third-order valence-corrected chi connectivity index (χ3v) is 8.63. The van der Waals surface area contributed by atoms with Crippen molar-refractivity contribution in [2.45, 2.75) is 13.8 Å². The van der Waals surface area contributed by atoms with Crippen LogP contribution in [0.3, 0.4) is 0 Å². The lowest BCUT2D eigenvalue weighted by molar-refractivity contribution is 0.0865. The van der Waals surface area contributed by atoms with E-state index in [4.69, 9.17) is 4.74 Å². The SMILES string of the molecule is CCN(CC)c1ccc(/C=C/C2=CC(=C3C(=C(C#N)C#N)c4ccccc4C3=C(C#N)C#N)C=C(c3ccccc3)N2CCOCCO)cc1. The second kappa shape index (κ2) is 16.6. The zero-order valence-corrected chi connectivity index (χ0v) is 28.1. The molecule has 0 fully saturated rings. The Morgan fingerprint density at radius 1 is 0.740 bits per heavy atom. The van der Waals surface area contributed by atoms with E-state index in [0.717, 1.165) is 41.3 Å². The van der Waals surface area contributed by atoms with Gasteiger partial charge in [0.2, 0.25) is 0 Å². The molecule has 0 amide bonds. The maximum Gasteiger partial charge on any atom is 0.138 e. The molecule has 1 heterocycles. The summed E-state index contributed by atoms with van der Waals surface area (Å²) in [6, 6.07) is 33.6. The van der Waals surface area contributed by atoms with Crippen molar-refractivity contribution >= 4 is 28.6 Å². The Bertz CT molecular complexity index is 2000. The van der Waals surface area contributed by atoms with Crippen LogP contribution < -0.4 is 4.90 Å². The van der Waals surface area contributed by atoms with Gasteiger partial charge in [-0.05, 0) is 72.0 Å². The minimum atomic E-state index is -0.113. The van der Waals surface area contributed by atoms with Crippen LogP contribution in [0, 0.1) is 45.3 Å². The Hall–Kier alpha value is -6.42. The van der Waals surface area contributed by atoms with Crippen molar-refractivity contribution in [2.24, 2.45) is 0 Å². The molecule has 0 saturated heterocycles. The van der Waals surface area contributed by atoms with E-state index < -0.39 is 0 Å². The van der Waals surface area contributed by atoms with E-state index >= 15 is 0 Å². The number of nitriles is 4. The Morgan fingerprint density at radius 2 is 1.32 bits per heavy atom. The molecule has 8 heteroatoms. The van der Waals surface area contributed by atoms with Crippen LogP contribution in [0.15, 0.2) is 125 Å². The van der Waals surface area contributed by atoms with Crippen molar-refractivity contribution < 1.29 is 9.84 Å². The van der Waals surface area contributed by atoms with Crippen LogP contribution in [-0.2, 0) is 4.74 Å². The first kappa shape index (κ1) is 34.9. The minimum Gasteiger partial charge on any atom is -0.394 e. The number of hydrogen-bond donors (Lipinski definition) is 1. The average Bonchev–Trinajstić information content (AvgIpc) is 3.49. The van der Waals surface area contributed by atoms with Crippen LogP contribution in [0.2, 0.25) is 0 Å². The number of benzene rings is 3. The third-order valence-electron chi connectivity index (χ3n) is 8.63. The van der Waals surface area contributed by atoms with Crippen LogP contribution in [0.5, 0.6) is 0 Å². The summed E-state index contributed by atoms with van der Waals surface area (Å²) in [5.41, 5.74) is 7.52. The summed E-state index contributed by atoms with van der Waals surface area (Å²) in [6.45, 7) is 6.99. The van der Waals surface area contributed by atoms with Gasteiger partial charge in [-0.1, -0.05) is 72.8 Å². The van der Waals surface area contributed by atoms with E-state index in [2.05, 4.69) is 72.2 Å². The number of rotatable bonds is 11. The molecule has 0 bridgehead atoms. The smallest absolute Gasteiger partial charge is 0.138 e. The Kier molecular flexibility index (Phi) is 11.6. The second-order valence-corrected chi connectivity index (χ2v) is 11.4. The zero-order chi connectivity index (χ0) is 35.5. The molecule has 0 aromatic heterocycles. The maximum absolute atomic E-state index is 10.1. The Morgan fingerprint density at radius 3 is 1.86 bits per heavy atom. The fourth-order valence-corrected chi connectivity index (χ4v) is 6.31. The van der Waals surface area contributed by atoms with Gasteiger partial charge in [0.05, 0.1) is 19.8 Å². The molecule has 0 spiro atoms. The van der Waals surface area contributed by atoms with E-state index in [9.17, 15) is 26.2 Å². The second-order valence-electron chi connectivity index (χ2n) is 11.4. The molecule has 1 aliphatic heterocycles. The molecule has 1 N–H and O–H groups in total. The molecular weight excluding hydrogens is 621 g/mol. The zero-order valence-electron chi connectivity index (χ0n) is 28.1. The van der Waals surface area contributed by atoms with Gasteiger partial charge in [0, 0.05) is 53.4 Å². The van der Waals surface area contributed by atoms with Crippen molar-refractivity contribution in [1.82, 2.24) is 4.90 Å². The van der Waals surface area contributed by atoms with Crippen LogP contribution in [0.1, 0.15) is 36.1 Å². The molecule has 50 heavy (non-hydrogen) atoms. The molecule has 0 unspecified atom stereocenters. The van der Waals surface area contributed by atoms with Gasteiger partial charge in [-0.3, -0.25) is 0 Å². The highest BCUT2D eigenvalue weighted by Gasteiger charge is 2.35. The third kappa shape index (κ3) is 7.19. The highest BCUT2D eigenvalue weighted by molar-refractivity contribution is 6.13. The maximum atomic E-state index is 10.1. The lowest BCUT2D eigenvalue weighted by Gasteiger charge is -2.33. The van der Waals surface area contributed by atoms with Crippen molar-refractivity contribution in [3.8, 4) is 24.3 Å². The molecule has 1 aliphatic carbocycles. The first-order chi connectivity index (χ1) is 24.5. The van der Waals surface area contributed by atoms with Crippen molar-refractivity contribution in [3.63, 3.8) is 0 Å². The number of ether oxygens (including phenoxy) is 1. The molecule has 2 aliphatic rings. The summed E-state index contributed by atoms with van der Waals surface area (Å²) < 4.78 is 5.72. The number of aliphatic hydroxyl groups is 1. The van der Waals surface area contributed by atoms with Gasteiger partial charge in [0.1, 0.15) is 35.4 Å². The van der Waals surface area contributed by atoms with Crippen LogP contribution in [0.4, 0.5) is 5.69 Å². The van der Waals surface area contributed by atoms with E-state index in [1.54, 1.807) is 12.1 Å². The molecule has 5 rings (SSSR count). The van der Waals surface area contributed by atoms with E-state index in [-0.39, 0.29) is 24.4 Å². The summed E-state index contributed by atoms with van der Waals surface area (Å²) in [6.07, 6.45) is 7.96. The Labute approximate surface area is 293 Å². The van der Waals surface area contributed by atoms with Gasteiger partial charge in [-0.2, -0.15) is 21.0 Å². The average molecular weight is 657 g/mol. The van der Waals surface area contributed by atoms with Crippen molar-refractivity contribution in [2.75, 3.05) is 44.4 Å². The van der Waals surface area contributed by atoms with Crippen molar-refractivity contribution in [3.05, 3.63) is 147 Å². The number of allylic oxidation sites excluding steroid dienone is 9. The Balaban J connectivity index is 1.80. The molecule has 3 aromatic rings. The summed E-state index contributed by atoms with van der Waals surface area (Å²) >= 11 is 0. The van der Waals surface area contributed by atoms with Gasteiger partial charge in [0.25, 0.3) is 0 Å². The summed E-state index contributed by atoms with van der Waals surface area (Å²) in [5, 5.41) is 49.9. The van der Waals surface area contributed by atoms with Crippen LogP contribution in [-0.4, -0.2) is 49.5 Å². The molecule has 0 radical (unpaired) electrons. The molecule has 246 valence electrons. The fourth-order valence-electron chi connectivity index (χ4n) is 6.31. The highest BCUT2D eigenvalue weighted by Crippen LogP contribution is 2.50. The molecule has 0 saturated carbocycles. The summed E-state index contributed by atoms with van der Waals surface area (Å²) in [5.74, 6) is 0. The standard InChI is InChI=1S/C42H36N6O2/c1-3-47(4-2)35-17-14-30(15-18-35)16-19-36-24-32(25-39(31-10-6-5-7-11-31)48(36)20-22-50-23-21-49)42-40(33(26-43)27-44)37-12-8-9-13-38(37)41(42)34(28-45)29-46/h5-19,24-25,49H,3-4,20-23H2,1-2H3/b19-16+. The van der Waals surface area contributed by atoms with Crippen molar-refractivity contribution in [1.29, 1.82) is 21.0 Å². The number of fused-ring (bicyclic) bond motifs is 1. The number of hydrogen-bond acceptors (Lipinski definition) is 8. The van der Waals surface area contributed by atoms with E-state index in [1.807, 2.05) is 66.8 Å². The van der Waals surface area contributed by atoms with Gasteiger partial charge in [0.15, 0.2) is 0 Å². The summed E-state index contributed by atoms with van der Waals surface area (Å²) in [7, 11) is 0. The molecule has 3 aromatic carbocycles. The number of nitrogens with zero attached hydrogens (tertiary/aromatic N) is 6. The van der Waals surface area contributed by atoms with Gasteiger partial charge < -0.3 is 19.6 Å². The topological polar surface area (TPSA) is 131 Å². The lowest BCUT2D eigenvalue weighted by atomic mass is 9.89. The fraction of sp³-hybridized carbons (Fsp3) is 0.190. The van der Waals surface area contributed by atoms with Gasteiger partial charge in [-0.25, -0.2) is 0 Å². The largest absolute Gasteiger partial charge is 0.394 e. The monoisotopic (exact) mass is 656 g/mol. The molecule has 0 atom stereocenters. The summed E-state index contributed by atoms with van der Waals surface area (Å²) in [4.78, 5) is 4.40. The highest BCUT2D eigenvalue weighted by atomic mass is 16.5. The lowest BCUT2D eigenvalue weighted by Crippen LogP contribution is -2.28. The normalized spacial score (nSPS) is 13.5. The molecule has 8 nitrogen and oxygen atoms in total. The van der Waals surface area contributed by atoms with Crippen LogP contribution >= 0.6 is 0 Å². The van der Waals surface area contributed by atoms with Gasteiger partial charge in [-0.15, -0.1) is 0 Å². The minimum absolute atomic E-state index is 0.0886. The molecular formula is C42H36N6O2. The quantitative estimate of drug-likeness (QED) is 0.167. The first-order valence-electron chi connectivity index (χ1n) is 16.4. The van der Waals surface area contributed by atoms with Gasteiger partial charge >= 0.3 is 0 Å².